The average Bonchev–Trinajstić information content (AvgIpc) is 2.42. The molecule has 1 aliphatic rings. The van der Waals surface area contributed by atoms with Gasteiger partial charge in [0.15, 0.2) is 5.82 Å². The van der Waals surface area contributed by atoms with Gasteiger partial charge in [-0.15, -0.1) is 0 Å². The first-order valence-corrected chi connectivity index (χ1v) is 7.07. The second kappa shape index (κ2) is 6.61. The molecule has 1 fully saturated rings. The number of benzene rings is 1. The van der Waals surface area contributed by atoms with Gasteiger partial charge in [-0.25, -0.2) is 4.39 Å². The molecule has 1 aliphatic heterocycles. The third kappa shape index (κ3) is 3.75. The lowest BCUT2D eigenvalue weighted by Gasteiger charge is -2.32. The Kier molecular flexibility index (Phi) is 5.07. The van der Waals surface area contributed by atoms with Crippen molar-refractivity contribution >= 4 is 34.8 Å². The first-order valence-electron chi connectivity index (χ1n) is 6.32. The smallest absolute Gasteiger partial charge is 0.241 e. The van der Waals surface area contributed by atoms with Crippen molar-refractivity contribution in [2.24, 2.45) is 0 Å². The summed E-state index contributed by atoms with van der Waals surface area (Å²) in [6, 6.07) is 2.83. The van der Waals surface area contributed by atoms with Crippen LogP contribution in [0.25, 0.3) is 0 Å². The molecule has 0 spiro atoms. The molecule has 20 heavy (non-hydrogen) atoms. The molecule has 0 saturated carbocycles. The molecule has 0 aromatic heterocycles. The van der Waals surface area contributed by atoms with Crippen molar-refractivity contribution in [1.29, 1.82) is 0 Å². The zero-order chi connectivity index (χ0) is 14.7. The molecule has 0 atom stereocenters. The number of amides is 1. The molecule has 0 bridgehead atoms. The highest BCUT2D eigenvalue weighted by Crippen LogP contribution is 2.27. The van der Waals surface area contributed by atoms with Crippen LogP contribution >= 0.6 is 23.2 Å². The molecule has 0 unspecified atom stereocenters. The minimum absolute atomic E-state index is 0.00895. The number of carbonyl (C=O) groups excluding carboxylic acids is 1. The predicted octanol–water partition coefficient (Wildman–Crippen LogP) is 2.32. The number of likely N-dealkylation sites (N-methyl/N-ethyl adjacent to an activating group) is 1. The lowest BCUT2D eigenvalue weighted by molar-refractivity contribution is -0.130. The zero-order valence-electron chi connectivity index (χ0n) is 11.1. The SMILES string of the molecule is CN1CCN(C(=O)CNc2cc(Cl)c(F)c(Cl)c2)CC1. The summed E-state index contributed by atoms with van der Waals surface area (Å²) in [6.45, 7) is 3.34. The molecule has 110 valence electrons. The number of halogens is 3. The number of nitrogens with zero attached hydrogens (tertiary/aromatic N) is 2. The van der Waals surface area contributed by atoms with Crippen molar-refractivity contribution in [3.05, 3.63) is 28.0 Å². The normalized spacial score (nSPS) is 16.3. The van der Waals surface area contributed by atoms with Gasteiger partial charge >= 0.3 is 0 Å². The maximum absolute atomic E-state index is 13.3. The molecule has 1 saturated heterocycles. The average molecular weight is 320 g/mol. The quantitative estimate of drug-likeness (QED) is 0.868. The Morgan fingerprint density at radius 1 is 1.25 bits per heavy atom. The summed E-state index contributed by atoms with van der Waals surface area (Å²) < 4.78 is 13.3. The van der Waals surface area contributed by atoms with Crippen molar-refractivity contribution in [2.75, 3.05) is 45.1 Å². The molecular weight excluding hydrogens is 304 g/mol. The first kappa shape index (κ1) is 15.4. The minimum Gasteiger partial charge on any atom is -0.376 e. The number of nitrogens with one attached hydrogen (secondary N) is 1. The maximum Gasteiger partial charge on any atom is 0.241 e. The zero-order valence-corrected chi connectivity index (χ0v) is 12.6. The summed E-state index contributed by atoms with van der Waals surface area (Å²) in [5.41, 5.74) is 0.531. The van der Waals surface area contributed by atoms with Gasteiger partial charge in [0.2, 0.25) is 5.91 Å². The Morgan fingerprint density at radius 2 is 1.80 bits per heavy atom. The van der Waals surface area contributed by atoms with E-state index in [1.165, 1.54) is 12.1 Å². The fourth-order valence-corrected chi connectivity index (χ4v) is 2.49. The highest BCUT2D eigenvalue weighted by Gasteiger charge is 2.18. The summed E-state index contributed by atoms with van der Waals surface area (Å²) in [4.78, 5) is 16.0. The Balaban J connectivity index is 1.90. The lowest BCUT2D eigenvalue weighted by Crippen LogP contribution is -2.48. The second-order valence-electron chi connectivity index (χ2n) is 4.79. The van der Waals surface area contributed by atoms with Crippen LogP contribution in [0.1, 0.15) is 0 Å². The minimum atomic E-state index is -0.649. The standard InChI is InChI=1S/C13H16Cl2FN3O/c1-18-2-4-19(5-3-18)12(20)8-17-9-6-10(14)13(16)11(15)7-9/h6-7,17H,2-5,8H2,1H3. The molecule has 1 heterocycles. The summed E-state index contributed by atoms with van der Waals surface area (Å²) in [5.74, 6) is -0.640. The number of carbonyl (C=O) groups is 1. The summed E-state index contributed by atoms with van der Waals surface area (Å²) in [7, 11) is 2.03. The van der Waals surface area contributed by atoms with E-state index in [-0.39, 0.29) is 22.5 Å². The van der Waals surface area contributed by atoms with Crippen molar-refractivity contribution < 1.29 is 9.18 Å². The molecule has 4 nitrogen and oxygen atoms in total. The number of piperazine rings is 1. The molecular formula is C13H16Cl2FN3O. The molecule has 1 aromatic rings. The van der Waals surface area contributed by atoms with Crippen molar-refractivity contribution in [2.45, 2.75) is 0 Å². The van der Waals surface area contributed by atoms with Crippen LogP contribution in [0.3, 0.4) is 0 Å². The number of hydrogen-bond acceptors (Lipinski definition) is 3. The molecule has 2 rings (SSSR count). The van der Waals surface area contributed by atoms with Gasteiger partial charge in [-0.3, -0.25) is 4.79 Å². The van der Waals surface area contributed by atoms with E-state index in [9.17, 15) is 9.18 Å². The van der Waals surface area contributed by atoms with Crippen LogP contribution in [0, 0.1) is 5.82 Å². The summed E-state index contributed by atoms with van der Waals surface area (Å²) in [6.07, 6.45) is 0. The highest BCUT2D eigenvalue weighted by atomic mass is 35.5. The van der Waals surface area contributed by atoms with Crippen LogP contribution in [0.2, 0.25) is 10.0 Å². The molecule has 1 amide bonds. The molecule has 0 radical (unpaired) electrons. The first-order chi connectivity index (χ1) is 9.47. The van der Waals surface area contributed by atoms with Gasteiger partial charge in [-0.05, 0) is 19.2 Å². The van der Waals surface area contributed by atoms with E-state index in [1.54, 1.807) is 4.90 Å². The van der Waals surface area contributed by atoms with Gasteiger partial charge in [-0.2, -0.15) is 0 Å². The molecule has 1 N–H and O–H groups in total. The molecule has 1 aromatic carbocycles. The van der Waals surface area contributed by atoms with Gasteiger partial charge < -0.3 is 15.1 Å². The second-order valence-corrected chi connectivity index (χ2v) is 5.61. The third-order valence-corrected chi connectivity index (χ3v) is 3.83. The lowest BCUT2D eigenvalue weighted by atomic mass is 10.3. The Hall–Kier alpha value is -1.04. The van der Waals surface area contributed by atoms with Crippen LogP contribution in [-0.2, 0) is 4.79 Å². The number of anilines is 1. The van der Waals surface area contributed by atoms with Crippen molar-refractivity contribution in [3.8, 4) is 0 Å². The topological polar surface area (TPSA) is 35.6 Å². The largest absolute Gasteiger partial charge is 0.376 e. The van der Waals surface area contributed by atoms with Gasteiger partial charge in [0.05, 0.1) is 16.6 Å². The predicted molar refractivity (Wildman–Crippen MR) is 79.0 cm³/mol. The van der Waals surface area contributed by atoms with E-state index in [2.05, 4.69) is 10.2 Å². The van der Waals surface area contributed by atoms with Crippen LogP contribution in [0.5, 0.6) is 0 Å². The molecule has 7 heteroatoms. The monoisotopic (exact) mass is 319 g/mol. The fourth-order valence-electron chi connectivity index (χ4n) is 2.00. The molecule has 0 aliphatic carbocycles. The van der Waals surface area contributed by atoms with E-state index in [0.29, 0.717) is 5.69 Å². The van der Waals surface area contributed by atoms with Gasteiger partial charge in [0, 0.05) is 31.9 Å². The Morgan fingerprint density at radius 3 is 2.35 bits per heavy atom. The third-order valence-electron chi connectivity index (χ3n) is 3.28. The van der Waals surface area contributed by atoms with Crippen LogP contribution in [0.15, 0.2) is 12.1 Å². The van der Waals surface area contributed by atoms with Crippen LogP contribution in [-0.4, -0.2) is 55.5 Å². The highest BCUT2D eigenvalue weighted by molar-refractivity contribution is 6.35. The number of rotatable bonds is 3. The van der Waals surface area contributed by atoms with E-state index in [4.69, 9.17) is 23.2 Å². The summed E-state index contributed by atoms with van der Waals surface area (Å²) in [5, 5.41) is 2.80. The van der Waals surface area contributed by atoms with E-state index >= 15 is 0 Å². The van der Waals surface area contributed by atoms with Gasteiger partial charge in [0.1, 0.15) is 0 Å². The van der Waals surface area contributed by atoms with Gasteiger partial charge in [0.25, 0.3) is 0 Å². The van der Waals surface area contributed by atoms with Crippen molar-refractivity contribution in [1.82, 2.24) is 9.80 Å². The van der Waals surface area contributed by atoms with Crippen LogP contribution < -0.4 is 5.32 Å². The van der Waals surface area contributed by atoms with E-state index in [0.717, 1.165) is 26.2 Å². The number of hydrogen-bond donors (Lipinski definition) is 1. The van der Waals surface area contributed by atoms with E-state index < -0.39 is 5.82 Å². The van der Waals surface area contributed by atoms with Crippen LogP contribution in [0.4, 0.5) is 10.1 Å². The van der Waals surface area contributed by atoms with Crippen molar-refractivity contribution in [3.63, 3.8) is 0 Å². The fraction of sp³-hybridized carbons (Fsp3) is 0.462. The Labute approximate surface area is 127 Å². The summed E-state index contributed by atoms with van der Waals surface area (Å²) >= 11 is 11.4. The van der Waals surface area contributed by atoms with E-state index in [1.807, 2.05) is 7.05 Å². The Bertz CT molecular complexity index is 481. The van der Waals surface area contributed by atoms with Gasteiger partial charge in [-0.1, -0.05) is 23.2 Å². The maximum atomic E-state index is 13.3.